The Bertz CT molecular complexity index is 973. The zero-order chi connectivity index (χ0) is 22.3. The van der Waals surface area contributed by atoms with Crippen LogP contribution in [-0.2, 0) is 9.22 Å². The number of hydrogen-bond donors (Lipinski definition) is 0. The molecule has 0 aliphatic heterocycles. The number of rotatable bonds is 8. The van der Waals surface area contributed by atoms with Gasteiger partial charge in [-0.25, -0.2) is 0 Å². The van der Waals surface area contributed by atoms with Crippen LogP contribution in [0.4, 0.5) is 0 Å². The van der Waals surface area contributed by atoms with E-state index in [9.17, 15) is 4.79 Å². The van der Waals surface area contributed by atoms with Crippen molar-refractivity contribution in [1.29, 1.82) is 0 Å². The summed E-state index contributed by atoms with van der Waals surface area (Å²) in [5.74, 6) is 0. The van der Waals surface area contributed by atoms with Gasteiger partial charge >= 0.3 is 198 Å². The molecule has 0 aliphatic rings. The van der Waals surface area contributed by atoms with Gasteiger partial charge in [-0.05, 0) is 0 Å². The molecule has 3 aromatic rings. The molecule has 0 atom stereocenters. The van der Waals surface area contributed by atoms with E-state index < -0.39 is 8.32 Å². The average molecular weight is 514 g/mol. The van der Waals surface area contributed by atoms with Crippen molar-refractivity contribution in [2.75, 3.05) is 6.61 Å². The summed E-state index contributed by atoms with van der Waals surface area (Å²) in [6.07, 6.45) is 2.89. The maximum atomic E-state index is 11.7. The first-order valence-electron chi connectivity index (χ1n) is 10.2. The summed E-state index contributed by atoms with van der Waals surface area (Å²) in [7, 11) is -2.60. The number of hydrogen-bond acceptors (Lipinski definition) is 2. The van der Waals surface area contributed by atoms with E-state index in [-0.39, 0.29) is 20.0 Å². The number of halogens is 1. The van der Waals surface area contributed by atoms with E-state index in [0.29, 0.717) is 11.6 Å². The fourth-order valence-electron chi connectivity index (χ4n) is 3.76. The van der Waals surface area contributed by atoms with Crippen molar-refractivity contribution >= 4 is 56.0 Å². The van der Waals surface area contributed by atoms with Crippen molar-refractivity contribution in [3.63, 3.8) is 0 Å². The Morgan fingerprint density at radius 3 is 1.87 bits per heavy atom. The molecule has 3 aromatic carbocycles. The molecule has 0 saturated heterocycles. The van der Waals surface area contributed by atoms with E-state index >= 15 is 0 Å². The molecule has 2 nitrogen and oxygen atoms in total. The zero-order valence-corrected chi connectivity index (χ0v) is 21.5. The van der Waals surface area contributed by atoms with Crippen LogP contribution in [0.2, 0.25) is 10.1 Å². The van der Waals surface area contributed by atoms with Gasteiger partial charge in [0, 0.05) is 0 Å². The first kappa shape index (κ1) is 23.7. The van der Waals surface area contributed by atoms with Crippen LogP contribution in [-0.4, -0.2) is 36.2 Å². The van der Waals surface area contributed by atoms with E-state index in [1.54, 1.807) is 0 Å². The van der Waals surface area contributed by atoms with Crippen LogP contribution in [0.1, 0.15) is 20.8 Å². The molecule has 0 amide bonds. The normalized spacial score (nSPS) is 12.6. The minimum absolute atomic E-state index is 0.0822. The third-order valence-corrected chi connectivity index (χ3v) is 12.5. The predicted octanol–water partition coefficient (Wildman–Crippen LogP) is 4.33. The maximum absolute atomic E-state index is 11.7. The summed E-state index contributed by atoms with van der Waals surface area (Å²) in [5.41, 5.74) is 0. The van der Waals surface area contributed by atoms with Crippen molar-refractivity contribution in [3.05, 3.63) is 100 Å². The second kappa shape index (κ2) is 10.6. The molecule has 31 heavy (non-hydrogen) atoms. The molecule has 0 spiro atoms. The molecular weight excluding hydrogens is 487 g/mol. The van der Waals surface area contributed by atoms with Gasteiger partial charge in [0.05, 0.1) is 0 Å². The molecule has 0 aromatic heterocycles. The Morgan fingerprint density at radius 2 is 1.42 bits per heavy atom. The molecule has 0 radical (unpaired) electrons. The Morgan fingerprint density at radius 1 is 0.903 bits per heavy atom. The summed E-state index contributed by atoms with van der Waals surface area (Å²) in [6.45, 7) is 7.15. The van der Waals surface area contributed by atoms with Gasteiger partial charge in [0.25, 0.3) is 0 Å². The monoisotopic (exact) mass is 514 g/mol. The number of benzene rings is 3. The molecular formula is C26H27ClO2SeSi. The summed E-state index contributed by atoms with van der Waals surface area (Å²) >= 11 is 5.90. The van der Waals surface area contributed by atoms with Gasteiger partial charge in [-0.1, -0.05) is 0 Å². The second-order valence-electron chi connectivity index (χ2n) is 8.25. The first-order chi connectivity index (χ1) is 14.9. The van der Waals surface area contributed by atoms with Crippen molar-refractivity contribution in [3.8, 4) is 0 Å². The van der Waals surface area contributed by atoms with Crippen molar-refractivity contribution < 1.29 is 9.22 Å². The van der Waals surface area contributed by atoms with Gasteiger partial charge in [-0.2, -0.15) is 0 Å². The number of allylic oxidation sites excluding steroid dienone is 1. The van der Waals surface area contributed by atoms with Gasteiger partial charge in [0.1, 0.15) is 0 Å². The van der Waals surface area contributed by atoms with Crippen LogP contribution in [0.3, 0.4) is 0 Å². The first-order valence-corrected chi connectivity index (χ1v) is 14.2. The number of carbonyl (C=O) groups is 1. The Balaban J connectivity index is 1.94. The summed E-state index contributed by atoms with van der Waals surface area (Å²) in [6, 6.07) is 28.7. The molecule has 3 rings (SSSR count). The molecule has 0 aliphatic carbocycles. The quantitative estimate of drug-likeness (QED) is 0.255. The number of carbonyl (C=O) groups excluding carboxylic acids is 1. The fraction of sp³-hybridized carbons (Fsp3) is 0.192. The average Bonchev–Trinajstić information content (AvgIpc) is 2.77. The third kappa shape index (κ3) is 5.65. The molecule has 0 N–H and O–H groups in total. The Kier molecular flexibility index (Phi) is 8.09. The van der Waals surface area contributed by atoms with Crippen LogP contribution >= 0.6 is 11.6 Å². The standard InChI is InChI=1S/C26H27ClO2SeSi/c1-26(2,3)31(24-10-6-4-7-11-24,25-12-8-5-9-13-25)29-19-18-23(20-28)30-22-16-14-21(27)15-17-22/h4-18,20H,19H2,1-3H3/b23-18-. The van der Waals surface area contributed by atoms with Crippen LogP contribution < -0.4 is 14.8 Å². The Hall–Kier alpha value is -1.94. The van der Waals surface area contributed by atoms with Gasteiger partial charge in [0.2, 0.25) is 0 Å². The zero-order valence-electron chi connectivity index (χ0n) is 18.0. The summed E-state index contributed by atoms with van der Waals surface area (Å²) < 4.78 is 8.73. The molecule has 0 bridgehead atoms. The Labute approximate surface area is 197 Å². The van der Waals surface area contributed by atoms with Crippen molar-refractivity contribution in [1.82, 2.24) is 0 Å². The van der Waals surface area contributed by atoms with Gasteiger partial charge < -0.3 is 0 Å². The number of aldehydes is 1. The molecule has 0 saturated carbocycles. The predicted molar refractivity (Wildman–Crippen MR) is 135 cm³/mol. The van der Waals surface area contributed by atoms with Crippen LogP contribution in [0.25, 0.3) is 0 Å². The summed E-state index contributed by atoms with van der Waals surface area (Å²) in [4.78, 5) is 11.7. The molecule has 5 heteroatoms. The van der Waals surface area contributed by atoms with E-state index in [4.69, 9.17) is 16.0 Å². The summed E-state index contributed by atoms with van der Waals surface area (Å²) in [5, 5.41) is 3.08. The van der Waals surface area contributed by atoms with Crippen molar-refractivity contribution in [2.45, 2.75) is 25.8 Å². The van der Waals surface area contributed by atoms with E-state index in [0.717, 1.165) is 15.2 Å². The second-order valence-corrected chi connectivity index (χ2v) is 15.4. The molecule has 0 unspecified atom stereocenters. The van der Waals surface area contributed by atoms with Crippen molar-refractivity contribution in [2.24, 2.45) is 0 Å². The fourth-order valence-corrected chi connectivity index (χ4v) is 9.94. The molecule has 160 valence electrons. The van der Waals surface area contributed by atoms with Gasteiger partial charge in [-0.3, -0.25) is 0 Å². The SMILES string of the molecule is CC(C)(C)[Si](OC/C=C(/C=O)[Se]c1ccc(Cl)cc1)(c1ccccc1)c1ccccc1. The minimum atomic E-state index is -2.60. The topological polar surface area (TPSA) is 26.3 Å². The van der Waals surface area contributed by atoms with E-state index in [1.807, 2.05) is 42.5 Å². The van der Waals surface area contributed by atoms with E-state index in [1.165, 1.54) is 10.4 Å². The van der Waals surface area contributed by atoms with Gasteiger partial charge in [0.15, 0.2) is 0 Å². The van der Waals surface area contributed by atoms with Crippen LogP contribution in [0.15, 0.2) is 95.5 Å². The molecule has 0 heterocycles. The van der Waals surface area contributed by atoms with Crippen LogP contribution in [0, 0.1) is 0 Å². The van der Waals surface area contributed by atoms with E-state index in [2.05, 4.69) is 69.3 Å². The molecule has 0 fully saturated rings. The van der Waals surface area contributed by atoms with Gasteiger partial charge in [-0.15, -0.1) is 0 Å². The third-order valence-electron chi connectivity index (χ3n) is 5.17. The van der Waals surface area contributed by atoms with Crippen LogP contribution in [0.5, 0.6) is 0 Å².